The van der Waals surface area contributed by atoms with Crippen molar-refractivity contribution in [2.75, 3.05) is 19.5 Å². The van der Waals surface area contributed by atoms with E-state index in [2.05, 4.69) is 14.9 Å². The first-order valence-corrected chi connectivity index (χ1v) is 8.39. The number of hydrogen-bond donors (Lipinski definition) is 1. The molecule has 0 bridgehead atoms. The van der Waals surface area contributed by atoms with Crippen LogP contribution in [-0.4, -0.2) is 29.7 Å². The van der Waals surface area contributed by atoms with Crippen molar-refractivity contribution in [3.63, 3.8) is 0 Å². The summed E-state index contributed by atoms with van der Waals surface area (Å²) < 4.78 is 14.3. The predicted octanol–water partition coefficient (Wildman–Crippen LogP) is 4.13. The Morgan fingerprint density at radius 1 is 1.08 bits per heavy atom. The third-order valence-electron chi connectivity index (χ3n) is 3.45. The van der Waals surface area contributed by atoms with Gasteiger partial charge >= 0.3 is 0 Å². The number of anilines is 1. The largest absolute Gasteiger partial charge is 0.493 e. The topological polar surface area (TPSA) is 73.3 Å². The maximum Gasteiger partial charge on any atom is 0.269 e. The maximum atomic E-state index is 12.6. The molecule has 0 aliphatic rings. The van der Waals surface area contributed by atoms with Crippen molar-refractivity contribution in [1.82, 2.24) is 9.59 Å². The summed E-state index contributed by atoms with van der Waals surface area (Å²) in [5.74, 6) is 0.814. The predicted molar refractivity (Wildman–Crippen MR) is 97.9 cm³/mol. The molecule has 3 aromatic rings. The molecule has 0 atom stereocenters. The summed E-state index contributed by atoms with van der Waals surface area (Å²) in [6.45, 7) is 0. The second-order valence-corrected chi connectivity index (χ2v) is 6.17. The van der Waals surface area contributed by atoms with Gasteiger partial charge in [-0.3, -0.25) is 4.79 Å². The molecule has 0 spiro atoms. The SMILES string of the molecule is COc1ccc(NC(=O)c2snnc2-c2ccc(Cl)cc2)cc1OC. The lowest BCUT2D eigenvalue weighted by atomic mass is 10.1. The molecule has 2 aromatic carbocycles. The second-order valence-electron chi connectivity index (χ2n) is 4.98. The molecule has 0 aliphatic carbocycles. The van der Waals surface area contributed by atoms with E-state index in [0.29, 0.717) is 32.8 Å². The number of carbonyl (C=O) groups excluding carboxylic acids is 1. The van der Waals surface area contributed by atoms with Gasteiger partial charge in [0, 0.05) is 22.3 Å². The lowest BCUT2D eigenvalue weighted by molar-refractivity contribution is 0.103. The number of ether oxygens (including phenoxy) is 2. The fraction of sp³-hybridized carbons (Fsp3) is 0.118. The van der Waals surface area contributed by atoms with Crippen LogP contribution in [0.4, 0.5) is 5.69 Å². The molecule has 3 rings (SSSR count). The molecular formula is C17H14ClN3O3S. The monoisotopic (exact) mass is 375 g/mol. The molecule has 25 heavy (non-hydrogen) atoms. The van der Waals surface area contributed by atoms with E-state index in [-0.39, 0.29) is 5.91 Å². The maximum absolute atomic E-state index is 12.6. The Balaban J connectivity index is 1.85. The molecule has 6 nitrogen and oxygen atoms in total. The van der Waals surface area contributed by atoms with Crippen molar-refractivity contribution in [3.05, 3.63) is 52.4 Å². The van der Waals surface area contributed by atoms with Crippen LogP contribution in [-0.2, 0) is 0 Å². The van der Waals surface area contributed by atoms with Crippen LogP contribution in [0, 0.1) is 0 Å². The summed E-state index contributed by atoms with van der Waals surface area (Å²) >= 11 is 6.93. The van der Waals surface area contributed by atoms with Gasteiger partial charge in [0.1, 0.15) is 10.6 Å². The molecular weight excluding hydrogens is 362 g/mol. The van der Waals surface area contributed by atoms with E-state index in [0.717, 1.165) is 17.1 Å². The first kappa shape index (κ1) is 17.2. The number of amides is 1. The Labute approximate surface area is 153 Å². The normalized spacial score (nSPS) is 10.4. The zero-order chi connectivity index (χ0) is 17.8. The van der Waals surface area contributed by atoms with Crippen LogP contribution in [0.25, 0.3) is 11.3 Å². The van der Waals surface area contributed by atoms with Gasteiger partial charge in [-0.25, -0.2) is 0 Å². The third kappa shape index (κ3) is 3.72. The Morgan fingerprint density at radius 2 is 1.80 bits per heavy atom. The fourth-order valence-electron chi connectivity index (χ4n) is 2.24. The molecule has 128 valence electrons. The standard InChI is InChI=1S/C17H14ClN3O3S/c1-23-13-8-7-12(9-14(13)24-2)19-17(22)16-15(20-21-25-16)10-3-5-11(18)6-4-10/h3-9H,1-2H3,(H,19,22). The number of aromatic nitrogens is 2. The molecule has 0 fully saturated rings. The molecule has 1 aromatic heterocycles. The molecule has 1 amide bonds. The van der Waals surface area contributed by atoms with E-state index < -0.39 is 0 Å². The van der Waals surface area contributed by atoms with Gasteiger partial charge in [-0.15, -0.1) is 5.10 Å². The van der Waals surface area contributed by atoms with Crippen LogP contribution in [0.3, 0.4) is 0 Å². The number of nitrogens with one attached hydrogen (secondary N) is 1. The number of halogens is 1. The molecule has 0 saturated carbocycles. The van der Waals surface area contributed by atoms with Gasteiger partial charge in [-0.2, -0.15) is 0 Å². The highest BCUT2D eigenvalue weighted by atomic mass is 35.5. The summed E-state index contributed by atoms with van der Waals surface area (Å²) in [5.41, 5.74) is 1.87. The molecule has 1 N–H and O–H groups in total. The Morgan fingerprint density at radius 3 is 2.48 bits per heavy atom. The minimum atomic E-state index is -0.299. The highest BCUT2D eigenvalue weighted by molar-refractivity contribution is 7.08. The Kier molecular flexibility index (Phi) is 5.16. The van der Waals surface area contributed by atoms with Gasteiger partial charge in [-0.05, 0) is 35.8 Å². The van der Waals surface area contributed by atoms with E-state index in [1.165, 1.54) is 7.11 Å². The summed E-state index contributed by atoms with van der Waals surface area (Å²) in [4.78, 5) is 13.0. The minimum Gasteiger partial charge on any atom is -0.493 e. The molecule has 0 unspecified atom stereocenters. The average molecular weight is 376 g/mol. The van der Waals surface area contributed by atoms with Crippen molar-refractivity contribution in [2.24, 2.45) is 0 Å². The molecule has 8 heteroatoms. The van der Waals surface area contributed by atoms with Crippen LogP contribution in [0.1, 0.15) is 9.67 Å². The number of hydrogen-bond acceptors (Lipinski definition) is 6. The van der Waals surface area contributed by atoms with Crippen LogP contribution < -0.4 is 14.8 Å². The van der Waals surface area contributed by atoms with Crippen LogP contribution in [0.15, 0.2) is 42.5 Å². The minimum absolute atomic E-state index is 0.299. The van der Waals surface area contributed by atoms with E-state index in [1.54, 1.807) is 49.6 Å². The molecule has 0 saturated heterocycles. The third-order valence-corrected chi connectivity index (χ3v) is 4.43. The van der Waals surface area contributed by atoms with Gasteiger partial charge in [0.2, 0.25) is 0 Å². The number of nitrogens with zero attached hydrogens (tertiary/aromatic N) is 2. The van der Waals surface area contributed by atoms with Gasteiger partial charge < -0.3 is 14.8 Å². The van der Waals surface area contributed by atoms with Crippen LogP contribution in [0.2, 0.25) is 5.02 Å². The Hall–Kier alpha value is -2.64. The second kappa shape index (κ2) is 7.50. The zero-order valence-electron chi connectivity index (χ0n) is 13.4. The molecule has 1 heterocycles. The van der Waals surface area contributed by atoms with Crippen molar-refractivity contribution in [1.29, 1.82) is 0 Å². The summed E-state index contributed by atoms with van der Waals surface area (Å²) in [6.07, 6.45) is 0. The lowest BCUT2D eigenvalue weighted by Crippen LogP contribution is -2.11. The van der Waals surface area contributed by atoms with E-state index in [4.69, 9.17) is 21.1 Å². The van der Waals surface area contributed by atoms with Crippen LogP contribution >= 0.6 is 23.1 Å². The fourth-order valence-corrected chi connectivity index (χ4v) is 2.95. The number of carbonyl (C=O) groups is 1. The number of benzene rings is 2. The molecule has 0 aliphatic heterocycles. The summed E-state index contributed by atoms with van der Waals surface area (Å²) in [5, 5.41) is 7.50. The quantitative estimate of drug-likeness (QED) is 0.725. The lowest BCUT2D eigenvalue weighted by Gasteiger charge is -2.10. The summed E-state index contributed by atoms with van der Waals surface area (Å²) in [7, 11) is 3.09. The Bertz CT molecular complexity index is 896. The molecule has 0 radical (unpaired) electrons. The smallest absolute Gasteiger partial charge is 0.269 e. The highest BCUT2D eigenvalue weighted by Crippen LogP contribution is 2.31. The van der Waals surface area contributed by atoms with E-state index in [9.17, 15) is 4.79 Å². The number of methoxy groups -OCH3 is 2. The highest BCUT2D eigenvalue weighted by Gasteiger charge is 2.18. The van der Waals surface area contributed by atoms with Gasteiger partial charge in [0.25, 0.3) is 5.91 Å². The van der Waals surface area contributed by atoms with Crippen molar-refractivity contribution < 1.29 is 14.3 Å². The van der Waals surface area contributed by atoms with E-state index in [1.807, 2.05) is 0 Å². The van der Waals surface area contributed by atoms with Crippen LogP contribution in [0.5, 0.6) is 11.5 Å². The van der Waals surface area contributed by atoms with Gasteiger partial charge in [-0.1, -0.05) is 28.2 Å². The van der Waals surface area contributed by atoms with Gasteiger partial charge in [0.05, 0.1) is 14.2 Å². The zero-order valence-corrected chi connectivity index (χ0v) is 15.0. The number of rotatable bonds is 5. The van der Waals surface area contributed by atoms with E-state index >= 15 is 0 Å². The summed E-state index contributed by atoms with van der Waals surface area (Å²) in [6, 6.07) is 12.2. The first-order valence-electron chi connectivity index (χ1n) is 7.24. The van der Waals surface area contributed by atoms with Crippen molar-refractivity contribution >= 4 is 34.7 Å². The average Bonchev–Trinajstić information content (AvgIpc) is 3.12. The first-order chi connectivity index (χ1) is 12.1. The van der Waals surface area contributed by atoms with Crippen molar-refractivity contribution in [3.8, 4) is 22.8 Å². The van der Waals surface area contributed by atoms with Crippen molar-refractivity contribution in [2.45, 2.75) is 0 Å². The van der Waals surface area contributed by atoms with Gasteiger partial charge in [0.15, 0.2) is 11.5 Å².